The predicted molar refractivity (Wildman–Crippen MR) is 122 cm³/mol. The Morgan fingerprint density at radius 1 is 0.900 bits per heavy atom. The zero-order chi connectivity index (χ0) is 20.9. The molecule has 0 unspecified atom stereocenters. The smallest absolute Gasteiger partial charge is 0.261 e. The zero-order valence-electron chi connectivity index (χ0n) is 16.6. The van der Waals surface area contributed by atoms with Crippen LogP contribution in [0, 0.1) is 0 Å². The summed E-state index contributed by atoms with van der Waals surface area (Å²) in [6.45, 7) is 0. The van der Waals surface area contributed by atoms with E-state index in [4.69, 9.17) is 0 Å². The molecule has 0 atom stereocenters. The molecule has 6 heteroatoms. The molecule has 0 fully saturated rings. The van der Waals surface area contributed by atoms with Crippen molar-refractivity contribution in [1.29, 1.82) is 0 Å². The number of carbonyl (C=O) groups is 1. The summed E-state index contributed by atoms with van der Waals surface area (Å²) in [5, 5.41) is 1.21. The summed E-state index contributed by atoms with van der Waals surface area (Å²) in [5.74, 6) is 0.513. The molecule has 4 rings (SSSR count). The first-order valence-electron chi connectivity index (χ1n) is 9.67. The number of anilines is 2. The first-order valence-corrected chi connectivity index (χ1v) is 10.7. The lowest BCUT2D eigenvalue weighted by molar-refractivity contribution is -0.117. The number of para-hydroxylation sites is 3. The van der Waals surface area contributed by atoms with Crippen molar-refractivity contribution in [2.24, 2.45) is 7.05 Å². The highest BCUT2D eigenvalue weighted by atomic mass is 32.2. The summed E-state index contributed by atoms with van der Waals surface area (Å²) in [6.07, 6.45) is 0.317. The van der Waals surface area contributed by atoms with Gasteiger partial charge in [-0.25, -0.2) is 4.98 Å². The van der Waals surface area contributed by atoms with Gasteiger partial charge in [-0.15, -0.1) is 0 Å². The van der Waals surface area contributed by atoms with Gasteiger partial charge in [-0.3, -0.25) is 19.1 Å². The van der Waals surface area contributed by atoms with Crippen molar-refractivity contribution in [3.63, 3.8) is 0 Å². The zero-order valence-corrected chi connectivity index (χ0v) is 17.4. The average Bonchev–Trinajstić information content (AvgIpc) is 2.79. The van der Waals surface area contributed by atoms with E-state index in [-0.39, 0.29) is 11.5 Å². The molecular formula is C24H21N3O2S. The Labute approximate surface area is 179 Å². The lowest BCUT2D eigenvalue weighted by Crippen LogP contribution is -2.26. The quantitative estimate of drug-likeness (QED) is 0.336. The van der Waals surface area contributed by atoms with Gasteiger partial charge < -0.3 is 0 Å². The maximum Gasteiger partial charge on any atom is 0.261 e. The molecule has 0 bridgehead atoms. The number of rotatable bonds is 6. The molecule has 0 saturated carbocycles. The first kappa shape index (κ1) is 19.9. The number of benzene rings is 3. The third-order valence-electron chi connectivity index (χ3n) is 4.77. The standard InChI is InChI=1S/C24H21N3O2S/c1-26-23(29)20-14-8-9-15-21(20)25-24(26)30-17-16-22(28)27(18-10-4-2-5-11-18)19-12-6-3-7-13-19/h2-15H,16-17H2,1H3. The lowest BCUT2D eigenvalue weighted by atomic mass is 10.2. The molecule has 0 N–H and O–H groups in total. The van der Waals surface area contributed by atoms with Crippen LogP contribution in [0.4, 0.5) is 11.4 Å². The van der Waals surface area contributed by atoms with E-state index in [2.05, 4.69) is 4.98 Å². The van der Waals surface area contributed by atoms with Crippen molar-refractivity contribution in [1.82, 2.24) is 9.55 Å². The van der Waals surface area contributed by atoms with Crippen LogP contribution in [0.25, 0.3) is 10.9 Å². The molecule has 0 aliphatic rings. The lowest BCUT2D eigenvalue weighted by Gasteiger charge is -2.23. The van der Waals surface area contributed by atoms with Gasteiger partial charge in [0.25, 0.3) is 5.56 Å². The molecule has 4 aromatic rings. The third kappa shape index (κ3) is 4.14. The second kappa shape index (κ2) is 8.97. The fraction of sp³-hybridized carbons (Fsp3) is 0.125. The molecule has 1 amide bonds. The molecular weight excluding hydrogens is 394 g/mol. The summed E-state index contributed by atoms with van der Waals surface area (Å²) in [4.78, 5) is 32.0. The number of amides is 1. The van der Waals surface area contributed by atoms with Crippen LogP contribution in [-0.2, 0) is 11.8 Å². The Balaban J connectivity index is 1.53. The van der Waals surface area contributed by atoms with E-state index in [0.29, 0.717) is 28.2 Å². The fourth-order valence-corrected chi connectivity index (χ4v) is 4.16. The number of fused-ring (bicyclic) bond motifs is 1. The Hall–Kier alpha value is -3.38. The number of nitrogens with zero attached hydrogens (tertiary/aromatic N) is 3. The molecule has 0 aliphatic heterocycles. The van der Waals surface area contributed by atoms with Gasteiger partial charge in [0.2, 0.25) is 5.91 Å². The van der Waals surface area contributed by atoms with Crippen LogP contribution in [0.3, 0.4) is 0 Å². The van der Waals surface area contributed by atoms with Crippen molar-refractivity contribution < 1.29 is 4.79 Å². The van der Waals surface area contributed by atoms with E-state index in [9.17, 15) is 9.59 Å². The molecule has 1 heterocycles. The van der Waals surface area contributed by atoms with E-state index in [0.717, 1.165) is 11.4 Å². The molecule has 5 nitrogen and oxygen atoms in total. The van der Waals surface area contributed by atoms with Gasteiger partial charge in [0, 0.05) is 30.6 Å². The van der Waals surface area contributed by atoms with Gasteiger partial charge in [-0.1, -0.05) is 60.3 Å². The van der Waals surface area contributed by atoms with Crippen LogP contribution in [0.2, 0.25) is 0 Å². The second-order valence-electron chi connectivity index (χ2n) is 6.77. The van der Waals surface area contributed by atoms with Crippen molar-refractivity contribution in [3.8, 4) is 0 Å². The van der Waals surface area contributed by atoms with Gasteiger partial charge in [0.05, 0.1) is 10.9 Å². The average molecular weight is 416 g/mol. The largest absolute Gasteiger partial charge is 0.290 e. The predicted octanol–water partition coefficient (Wildman–Crippen LogP) is 4.78. The Kier molecular flexibility index (Phi) is 5.95. The van der Waals surface area contributed by atoms with Crippen LogP contribution in [0.5, 0.6) is 0 Å². The van der Waals surface area contributed by atoms with Crippen LogP contribution in [0.1, 0.15) is 6.42 Å². The van der Waals surface area contributed by atoms with Gasteiger partial charge in [-0.05, 0) is 36.4 Å². The summed E-state index contributed by atoms with van der Waals surface area (Å²) >= 11 is 1.42. The van der Waals surface area contributed by atoms with Crippen LogP contribution >= 0.6 is 11.8 Å². The summed E-state index contributed by atoms with van der Waals surface area (Å²) in [6, 6.07) is 26.5. The number of carbonyl (C=O) groups excluding carboxylic acids is 1. The maximum absolute atomic E-state index is 13.1. The van der Waals surface area contributed by atoms with Gasteiger partial charge in [-0.2, -0.15) is 0 Å². The Morgan fingerprint density at radius 2 is 1.47 bits per heavy atom. The van der Waals surface area contributed by atoms with Crippen molar-refractivity contribution in [2.75, 3.05) is 10.7 Å². The highest BCUT2D eigenvalue weighted by molar-refractivity contribution is 7.99. The molecule has 30 heavy (non-hydrogen) atoms. The molecule has 0 radical (unpaired) electrons. The highest BCUT2D eigenvalue weighted by Gasteiger charge is 2.18. The van der Waals surface area contributed by atoms with Crippen LogP contribution in [0.15, 0.2) is 94.9 Å². The van der Waals surface area contributed by atoms with Gasteiger partial charge >= 0.3 is 0 Å². The fourth-order valence-electron chi connectivity index (χ4n) is 3.26. The van der Waals surface area contributed by atoms with E-state index in [1.165, 1.54) is 11.8 Å². The van der Waals surface area contributed by atoms with E-state index < -0.39 is 0 Å². The molecule has 0 spiro atoms. The maximum atomic E-state index is 13.1. The number of hydrogen-bond acceptors (Lipinski definition) is 4. The number of hydrogen-bond donors (Lipinski definition) is 0. The normalized spacial score (nSPS) is 10.8. The Bertz CT molecular complexity index is 1180. The minimum absolute atomic E-state index is 0.00862. The molecule has 0 aliphatic carbocycles. The molecule has 0 saturated heterocycles. The van der Waals surface area contributed by atoms with Crippen LogP contribution in [-0.4, -0.2) is 21.2 Å². The number of aromatic nitrogens is 2. The van der Waals surface area contributed by atoms with E-state index in [1.54, 1.807) is 22.6 Å². The second-order valence-corrected chi connectivity index (χ2v) is 7.84. The molecule has 1 aromatic heterocycles. The summed E-state index contributed by atoms with van der Waals surface area (Å²) in [5.41, 5.74) is 2.25. The Morgan fingerprint density at radius 3 is 2.10 bits per heavy atom. The van der Waals surface area contributed by atoms with Crippen molar-refractivity contribution in [3.05, 3.63) is 95.3 Å². The van der Waals surface area contributed by atoms with Gasteiger partial charge in [0.1, 0.15) is 0 Å². The van der Waals surface area contributed by atoms with Crippen molar-refractivity contribution >= 4 is 39.9 Å². The van der Waals surface area contributed by atoms with Crippen molar-refractivity contribution in [2.45, 2.75) is 11.6 Å². The SMILES string of the molecule is Cn1c(SCCC(=O)N(c2ccccc2)c2ccccc2)nc2ccccc2c1=O. The van der Waals surface area contributed by atoms with E-state index in [1.807, 2.05) is 78.9 Å². The summed E-state index contributed by atoms with van der Waals surface area (Å²) < 4.78 is 1.55. The first-order chi connectivity index (χ1) is 14.6. The monoisotopic (exact) mass is 415 g/mol. The third-order valence-corrected chi connectivity index (χ3v) is 5.80. The minimum Gasteiger partial charge on any atom is -0.290 e. The molecule has 3 aromatic carbocycles. The minimum atomic E-state index is -0.0791. The van der Waals surface area contributed by atoms with Gasteiger partial charge in [0.15, 0.2) is 5.16 Å². The van der Waals surface area contributed by atoms with E-state index >= 15 is 0 Å². The highest BCUT2D eigenvalue weighted by Crippen LogP contribution is 2.27. The summed E-state index contributed by atoms with van der Waals surface area (Å²) in [7, 11) is 1.71. The topological polar surface area (TPSA) is 55.2 Å². The van der Waals surface area contributed by atoms with Crippen LogP contribution < -0.4 is 10.5 Å². The molecule has 150 valence electrons. The number of thioether (sulfide) groups is 1.